The first-order chi connectivity index (χ1) is 6.19. The molecule has 0 aromatic carbocycles. The van der Waals surface area contributed by atoms with Crippen LogP contribution in [0.4, 0.5) is 0 Å². The molecule has 1 aromatic rings. The molecule has 0 aliphatic rings. The maximum absolute atomic E-state index is 11.4. The SMILES string of the molecule is CCOC(=O)c1cc(Br)cn1CC. The molecule has 0 aliphatic carbocycles. The summed E-state index contributed by atoms with van der Waals surface area (Å²) >= 11 is 3.31. The number of carbonyl (C=O) groups excluding carboxylic acids is 1. The standard InChI is InChI=1S/C9H12BrNO2/c1-3-11-6-7(10)5-8(11)9(12)13-4-2/h5-6H,3-4H2,1-2H3. The number of halogens is 1. The van der Waals surface area contributed by atoms with Crippen molar-refractivity contribution in [3.8, 4) is 0 Å². The quantitative estimate of drug-likeness (QED) is 0.767. The van der Waals surface area contributed by atoms with Crippen molar-refractivity contribution in [2.75, 3.05) is 6.61 Å². The maximum Gasteiger partial charge on any atom is 0.354 e. The minimum atomic E-state index is -0.268. The molecule has 1 rings (SSSR count). The van der Waals surface area contributed by atoms with Crippen molar-refractivity contribution in [1.29, 1.82) is 0 Å². The lowest BCUT2D eigenvalue weighted by Crippen LogP contribution is -2.10. The lowest BCUT2D eigenvalue weighted by atomic mass is 10.4. The third-order valence-electron chi connectivity index (χ3n) is 1.69. The normalized spacial score (nSPS) is 10.1. The zero-order valence-corrected chi connectivity index (χ0v) is 9.30. The largest absolute Gasteiger partial charge is 0.461 e. The van der Waals surface area contributed by atoms with Gasteiger partial charge in [0.2, 0.25) is 0 Å². The van der Waals surface area contributed by atoms with Crippen molar-refractivity contribution in [1.82, 2.24) is 4.57 Å². The van der Waals surface area contributed by atoms with Gasteiger partial charge >= 0.3 is 5.97 Å². The van der Waals surface area contributed by atoms with E-state index in [9.17, 15) is 4.79 Å². The second kappa shape index (κ2) is 4.46. The van der Waals surface area contributed by atoms with Crippen LogP contribution in [0.5, 0.6) is 0 Å². The molecule has 0 radical (unpaired) electrons. The van der Waals surface area contributed by atoms with Crippen LogP contribution in [-0.2, 0) is 11.3 Å². The zero-order chi connectivity index (χ0) is 9.84. The summed E-state index contributed by atoms with van der Waals surface area (Å²) in [5.41, 5.74) is 0.594. The van der Waals surface area contributed by atoms with E-state index in [0.717, 1.165) is 11.0 Å². The van der Waals surface area contributed by atoms with Gasteiger partial charge in [-0.25, -0.2) is 4.79 Å². The van der Waals surface area contributed by atoms with Crippen molar-refractivity contribution in [3.63, 3.8) is 0 Å². The summed E-state index contributed by atoms with van der Waals surface area (Å²) in [6.07, 6.45) is 1.87. The van der Waals surface area contributed by atoms with Gasteiger partial charge in [0, 0.05) is 17.2 Å². The molecular weight excluding hydrogens is 234 g/mol. The Morgan fingerprint density at radius 2 is 2.31 bits per heavy atom. The highest BCUT2D eigenvalue weighted by molar-refractivity contribution is 9.10. The summed E-state index contributed by atoms with van der Waals surface area (Å²) in [6, 6.07) is 1.77. The van der Waals surface area contributed by atoms with E-state index in [1.54, 1.807) is 13.0 Å². The summed E-state index contributed by atoms with van der Waals surface area (Å²) in [4.78, 5) is 11.4. The number of hydrogen-bond donors (Lipinski definition) is 0. The van der Waals surface area contributed by atoms with Gasteiger partial charge in [0.05, 0.1) is 6.61 Å². The van der Waals surface area contributed by atoms with Gasteiger partial charge in [-0.3, -0.25) is 0 Å². The van der Waals surface area contributed by atoms with Crippen LogP contribution < -0.4 is 0 Å². The number of hydrogen-bond acceptors (Lipinski definition) is 2. The van der Waals surface area contributed by atoms with Gasteiger partial charge in [-0.15, -0.1) is 0 Å². The Hall–Kier alpha value is -0.770. The van der Waals surface area contributed by atoms with Crippen LogP contribution in [0.1, 0.15) is 24.3 Å². The molecule has 3 nitrogen and oxygen atoms in total. The average molecular weight is 246 g/mol. The molecule has 0 amide bonds. The molecule has 72 valence electrons. The van der Waals surface area contributed by atoms with Gasteiger partial charge < -0.3 is 9.30 Å². The fraction of sp³-hybridized carbons (Fsp3) is 0.444. The first kappa shape index (κ1) is 10.3. The van der Waals surface area contributed by atoms with Gasteiger partial charge in [-0.2, -0.15) is 0 Å². The Kier molecular flexibility index (Phi) is 3.54. The molecule has 0 N–H and O–H groups in total. The van der Waals surface area contributed by atoms with E-state index in [1.165, 1.54) is 0 Å². The summed E-state index contributed by atoms with van der Waals surface area (Å²) < 4.78 is 7.65. The number of aryl methyl sites for hydroxylation is 1. The van der Waals surface area contributed by atoms with E-state index in [0.29, 0.717) is 12.3 Å². The molecule has 0 saturated carbocycles. The Balaban J connectivity index is 2.91. The van der Waals surface area contributed by atoms with Gasteiger partial charge in [0.1, 0.15) is 5.69 Å². The van der Waals surface area contributed by atoms with Crippen LogP contribution in [0.15, 0.2) is 16.7 Å². The van der Waals surface area contributed by atoms with Crippen LogP contribution >= 0.6 is 15.9 Å². The first-order valence-electron chi connectivity index (χ1n) is 4.21. The van der Waals surface area contributed by atoms with E-state index in [4.69, 9.17) is 4.74 Å². The zero-order valence-electron chi connectivity index (χ0n) is 7.71. The fourth-order valence-electron chi connectivity index (χ4n) is 1.11. The third kappa shape index (κ3) is 2.34. The molecule has 0 fully saturated rings. The summed E-state index contributed by atoms with van der Waals surface area (Å²) in [5.74, 6) is -0.268. The Labute approximate surface area is 85.8 Å². The molecule has 1 heterocycles. The molecule has 0 saturated heterocycles. The van der Waals surface area contributed by atoms with Crippen molar-refractivity contribution in [2.24, 2.45) is 0 Å². The minimum Gasteiger partial charge on any atom is -0.461 e. The van der Waals surface area contributed by atoms with Crippen LogP contribution in [-0.4, -0.2) is 17.1 Å². The second-order valence-electron chi connectivity index (χ2n) is 2.55. The van der Waals surface area contributed by atoms with Gasteiger partial charge in [-0.05, 0) is 35.8 Å². The van der Waals surface area contributed by atoms with Crippen molar-refractivity contribution < 1.29 is 9.53 Å². The molecular formula is C9H12BrNO2. The molecule has 1 aromatic heterocycles. The van der Waals surface area contributed by atoms with E-state index in [-0.39, 0.29) is 5.97 Å². The molecule has 0 aliphatic heterocycles. The topological polar surface area (TPSA) is 31.2 Å². The van der Waals surface area contributed by atoms with Crippen LogP contribution in [0, 0.1) is 0 Å². The van der Waals surface area contributed by atoms with Crippen LogP contribution in [0.2, 0.25) is 0 Å². The smallest absolute Gasteiger partial charge is 0.354 e. The van der Waals surface area contributed by atoms with Gasteiger partial charge in [-0.1, -0.05) is 0 Å². The number of nitrogens with zero attached hydrogens (tertiary/aromatic N) is 1. The third-order valence-corrected chi connectivity index (χ3v) is 2.12. The number of aromatic nitrogens is 1. The lowest BCUT2D eigenvalue weighted by Gasteiger charge is -2.04. The summed E-state index contributed by atoms with van der Waals surface area (Å²) in [5, 5.41) is 0. The lowest BCUT2D eigenvalue weighted by molar-refractivity contribution is 0.0514. The van der Waals surface area contributed by atoms with Crippen molar-refractivity contribution >= 4 is 21.9 Å². The van der Waals surface area contributed by atoms with Crippen LogP contribution in [0.25, 0.3) is 0 Å². The molecule has 4 heteroatoms. The molecule has 0 atom stereocenters. The summed E-state index contributed by atoms with van der Waals surface area (Å²) in [6.45, 7) is 4.95. The highest BCUT2D eigenvalue weighted by atomic mass is 79.9. The average Bonchev–Trinajstić information content (AvgIpc) is 2.47. The predicted octanol–water partition coefficient (Wildman–Crippen LogP) is 2.45. The molecule has 0 spiro atoms. The Morgan fingerprint density at radius 1 is 1.62 bits per heavy atom. The number of ether oxygens (including phenoxy) is 1. The second-order valence-corrected chi connectivity index (χ2v) is 3.47. The van der Waals surface area contributed by atoms with Gasteiger partial charge in [0.15, 0.2) is 0 Å². The van der Waals surface area contributed by atoms with Gasteiger partial charge in [0.25, 0.3) is 0 Å². The Bertz CT molecular complexity index is 307. The van der Waals surface area contributed by atoms with E-state index in [2.05, 4.69) is 15.9 Å². The monoisotopic (exact) mass is 245 g/mol. The molecule has 13 heavy (non-hydrogen) atoms. The highest BCUT2D eigenvalue weighted by Crippen LogP contribution is 2.15. The van der Waals surface area contributed by atoms with E-state index >= 15 is 0 Å². The number of rotatable bonds is 3. The number of esters is 1. The van der Waals surface area contributed by atoms with E-state index < -0.39 is 0 Å². The highest BCUT2D eigenvalue weighted by Gasteiger charge is 2.12. The summed E-state index contributed by atoms with van der Waals surface area (Å²) in [7, 11) is 0. The maximum atomic E-state index is 11.4. The predicted molar refractivity (Wildman–Crippen MR) is 53.8 cm³/mol. The first-order valence-corrected chi connectivity index (χ1v) is 5.01. The van der Waals surface area contributed by atoms with Crippen LogP contribution in [0.3, 0.4) is 0 Å². The molecule has 0 bridgehead atoms. The Morgan fingerprint density at radius 3 is 2.85 bits per heavy atom. The number of carbonyl (C=O) groups is 1. The minimum absolute atomic E-state index is 0.268. The van der Waals surface area contributed by atoms with E-state index in [1.807, 2.05) is 17.7 Å². The van der Waals surface area contributed by atoms with Crippen molar-refractivity contribution in [3.05, 3.63) is 22.4 Å². The van der Waals surface area contributed by atoms with Crippen molar-refractivity contribution in [2.45, 2.75) is 20.4 Å². The molecule has 0 unspecified atom stereocenters. The fourth-order valence-corrected chi connectivity index (χ4v) is 1.58.